The molecule has 0 unspecified atom stereocenters. The van der Waals surface area contributed by atoms with Crippen LogP contribution in [0.25, 0.3) is 0 Å². The molecule has 20 nitrogen and oxygen atoms in total. The zero-order valence-corrected chi connectivity index (χ0v) is 27.8. The second kappa shape index (κ2) is 18.1. The van der Waals surface area contributed by atoms with Crippen LogP contribution in [0.3, 0.4) is 0 Å². The number of amides is 4. The number of nitrogens with one attached hydrogen (secondary N) is 4. The van der Waals surface area contributed by atoms with Crippen molar-refractivity contribution in [2.45, 2.75) is 80.5 Å². The third-order valence-electron chi connectivity index (χ3n) is 8.46. The molecule has 0 spiro atoms. The van der Waals surface area contributed by atoms with Gasteiger partial charge >= 0.3 is 11.9 Å². The van der Waals surface area contributed by atoms with Crippen molar-refractivity contribution >= 4 is 35.6 Å². The minimum Gasteiger partial charge on any atom is -0.479 e. The molecule has 4 amide bonds. The van der Waals surface area contributed by atoms with E-state index in [0.717, 1.165) is 0 Å². The lowest BCUT2D eigenvalue weighted by molar-refractivity contribution is -0.231. The smallest absolute Gasteiger partial charge is 0.335 e. The van der Waals surface area contributed by atoms with Gasteiger partial charge in [0.1, 0.15) is 36.6 Å². The number of aliphatic hydroxyl groups is 6. The highest BCUT2D eigenvalue weighted by molar-refractivity contribution is 6.00. The van der Waals surface area contributed by atoms with E-state index in [2.05, 4.69) is 21.3 Å². The van der Waals surface area contributed by atoms with Crippen LogP contribution in [0, 0.1) is 0 Å². The van der Waals surface area contributed by atoms with Crippen molar-refractivity contribution in [1.82, 2.24) is 21.3 Å². The van der Waals surface area contributed by atoms with Crippen LogP contribution in [-0.2, 0) is 19.1 Å². The molecule has 20 heteroatoms. The summed E-state index contributed by atoms with van der Waals surface area (Å²) in [7, 11) is 0. The molecule has 53 heavy (non-hydrogen) atoms. The van der Waals surface area contributed by atoms with Gasteiger partial charge in [0.25, 0.3) is 23.6 Å². The SMILES string of the molecule is O=C(NCCCCCNC(=O)c1cccc(C(=O)N[C@@H]2O[C@H](C(=O)O)[C@@H](O)[C@H](O)[C@H]2O)c1)c1cccc(C(=O)N[C@@H]2O[C@H](C(=O)O)[C@@H](O)[C@H](O)[C@H]2O)c1. The minimum absolute atomic E-state index is 0.0330. The van der Waals surface area contributed by atoms with Crippen LogP contribution in [0.15, 0.2) is 48.5 Å². The highest BCUT2D eigenvalue weighted by Gasteiger charge is 2.48. The maximum Gasteiger partial charge on any atom is 0.335 e. The van der Waals surface area contributed by atoms with Gasteiger partial charge in [-0.15, -0.1) is 0 Å². The summed E-state index contributed by atoms with van der Waals surface area (Å²) in [6, 6.07) is 11.0. The quantitative estimate of drug-likeness (QED) is 0.0826. The summed E-state index contributed by atoms with van der Waals surface area (Å²) in [5, 5.41) is 88.0. The van der Waals surface area contributed by atoms with Gasteiger partial charge in [-0.3, -0.25) is 19.2 Å². The fourth-order valence-corrected chi connectivity index (χ4v) is 5.47. The third-order valence-corrected chi connectivity index (χ3v) is 8.46. The van der Waals surface area contributed by atoms with Gasteiger partial charge in [0, 0.05) is 35.3 Å². The van der Waals surface area contributed by atoms with Crippen LogP contribution in [0.4, 0.5) is 0 Å². The van der Waals surface area contributed by atoms with Crippen LogP contribution in [0.5, 0.6) is 0 Å². The van der Waals surface area contributed by atoms with Crippen molar-refractivity contribution in [2.24, 2.45) is 0 Å². The predicted molar refractivity (Wildman–Crippen MR) is 175 cm³/mol. The van der Waals surface area contributed by atoms with Crippen LogP contribution in [0.2, 0.25) is 0 Å². The summed E-state index contributed by atoms with van der Waals surface area (Å²) in [5.74, 6) is -5.93. The van der Waals surface area contributed by atoms with Crippen molar-refractivity contribution in [3.05, 3.63) is 70.8 Å². The minimum atomic E-state index is -1.93. The molecule has 12 N–H and O–H groups in total. The molecule has 0 aromatic heterocycles. The number of carboxylic acid groups (broad SMARTS) is 2. The zero-order valence-electron chi connectivity index (χ0n) is 27.8. The van der Waals surface area contributed by atoms with Crippen molar-refractivity contribution < 1.29 is 79.1 Å². The van der Waals surface area contributed by atoms with Gasteiger partial charge in [-0.2, -0.15) is 0 Å². The Hall–Kier alpha value is -5.06. The normalized spacial score (nSPS) is 28.3. The first-order valence-corrected chi connectivity index (χ1v) is 16.3. The molecule has 0 radical (unpaired) electrons. The Morgan fingerprint density at radius 3 is 1.17 bits per heavy atom. The van der Waals surface area contributed by atoms with Gasteiger partial charge in [0.2, 0.25) is 0 Å². The number of hydrogen-bond acceptors (Lipinski definition) is 14. The molecular weight excluding hydrogens is 708 g/mol. The van der Waals surface area contributed by atoms with Gasteiger partial charge in [-0.1, -0.05) is 12.1 Å². The van der Waals surface area contributed by atoms with Crippen molar-refractivity contribution in [3.8, 4) is 0 Å². The lowest BCUT2D eigenvalue weighted by Gasteiger charge is -2.38. The van der Waals surface area contributed by atoms with Gasteiger partial charge in [0.05, 0.1) is 0 Å². The molecule has 2 saturated heterocycles. The van der Waals surface area contributed by atoms with Crippen LogP contribution < -0.4 is 21.3 Å². The summed E-state index contributed by atoms with van der Waals surface area (Å²) in [4.78, 5) is 73.5. The van der Waals surface area contributed by atoms with Crippen molar-refractivity contribution in [2.75, 3.05) is 13.1 Å². The Bertz CT molecular complexity index is 1560. The van der Waals surface area contributed by atoms with Crippen molar-refractivity contribution in [3.63, 3.8) is 0 Å². The summed E-state index contributed by atoms with van der Waals surface area (Å²) in [6.07, 6.45) is -16.8. The summed E-state index contributed by atoms with van der Waals surface area (Å²) < 4.78 is 10.1. The van der Waals surface area contributed by atoms with Crippen molar-refractivity contribution in [1.29, 1.82) is 0 Å². The molecule has 0 saturated carbocycles. The Balaban J connectivity index is 1.18. The number of carbonyl (C=O) groups is 6. The van der Waals surface area contributed by atoms with Crippen LogP contribution in [0.1, 0.15) is 60.7 Å². The molecular formula is C33H40N4O16. The fraction of sp³-hybridized carbons (Fsp3) is 0.455. The average molecular weight is 749 g/mol. The first-order valence-electron chi connectivity index (χ1n) is 16.3. The van der Waals surface area contributed by atoms with E-state index in [-0.39, 0.29) is 35.3 Å². The molecule has 2 aromatic carbocycles. The Morgan fingerprint density at radius 1 is 0.491 bits per heavy atom. The molecule has 2 aliphatic heterocycles. The molecule has 10 atom stereocenters. The van der Waals surface area contributed by atoms with E-state index in [1.807, 2.05) is 0 Å². The lowest BCUT2D eigenvalue weighted by atomic mass is 9.98. The molecule has 2 aliphatic rings. The van der Waals surface area contributed by atoms with Gasteiger partial charge in [-0.05, 0) is 55.7 Å². The van der Waals surface area contributed by atoms with E-state index in [1.54, 1.807) is 0 Å². The molecule has 288 valence electrons. The monoisotopic (exact) mass is 748 g/mol. The molecule has 0 aliphatic carbocycles. The number of hydrogen-bond donors (Lipinski definition) is 12. The number of aliphatic hydroxyl groups excluding tert-OH is 6. The average Bonchev–Trinajstić information content (AvgIpc) is 3.14. The number of ether oxygens (including phenoxy) is 2. The highest BCUT2D eigenvalue weighted by atomic mass is 16.6. The van der Waals surface area contributed by atoms with Gasteiger partial charge in [-0.25, -0.2) is 9.59 Å². The summed E-state index contributed by atoms with van der Waals surface area (Å²) in [5.41, 5.74) is 0.171. The fourth-order valence-electron chi connectivity index (χ4n) is 5.47. The lowest BCUT2D eigenvalue weighted by Crippen LogP contribution is -2.64. The Kier molecular flexibility index (Phi) is 13.9. The number of carboxylic acids is 2. The summed E-state index contributed by atoms with van der Waals surface area (Å²) >= 11 is 0. The second-order valence-electron chi connectivity index (χ2n) is 12.3. The maximum atomic E-state index is 12.8. The molecule has 2 fully saturated rings. The van der Waals surface area contributed by atoms with E-state index >= 15 is 0 Å². The van der Waals surface area contributed by atoms with E-state index in [9.17, 15) is 69.6 Å². The standard InChI is InChI=1S/C33H40N4O16/c38-18-20(40)24(32(48)49)52-30(22(18)42)36-28(46)16-8-4-6-14(12-16)26(44)34-10-2-1-3-11-35-27(45)15-7-5-9-17(13-15)29(47)37-31-23(43)19(39)21(41)25(53-31)33(50)51/h4-9,12-13,18-25,30-31,38-43H,1-3,10-11H2,(H,34,44)(H,35,45)(H,36,46)(H,37,47)(H,48,49)(H,50,51)/t18-,19-,20-,21-,22+,23+,24-,25-,30+,31+/m0/s1. The van der Waals surface area contributed by atoms with E-state index in [1.165, 1.54) is 48.5 Å². The molecule has 2 heterocycles. The predicted octanol–water partition coefficient (Wildman–Crippen LogP) is -3.74. The van der Waals surface area contributed by atoms with E-state index in [0.29, 0.717) is 19.3 Å². The number of benzene rings is 2. The highest BCUT2D eigenvalue weighted by Crippen LogP contribution is 2.22. The zero-order chi connectivity index (χ0) is 39.0. The molecule has 2 aromatic rings. The second-order valence-corrected chi connectivity index (χ2v) is 12.3. The van der Waals surface area contributed by atoms with Gasteiger partial charge < -0.3 is 71.6 Å². The van der Waals surface area contributed by atoms with Gasteiger partial charge in [0.15, 0.2) is 24.7 Å². The number of aliphatic carboxylic acids is 2. The Morgan fingerprint density at radius 2 is 0.830 bits per heavy atom. The summed E-state index contributed by atoms with van der Waals surface area (Å²) in [6.45, 7) is 0.504. The third kappa shape index (κ3) is 10.1. The molecule has 0 bridgehead atoms. The first kappa shape index (κ1) is 40.7. The number of carbonyl (C=O) groups excluding carboxylic acids is 4. The first-order chi connectivity index (χ1) is 25.1. The number of unbranched alkanes of at least 4 members (excludes halogenated alkanes) is 2. The topological polar surface area (TPSA) is 331 Å². The maximum absolute atomic E-state index is 12.8. The van der Waals surface area contributed by atoms with Crippen LogP contribution >= 0.6 is 0 Å². The van der Waals surface area contributed by atoms with Crippen LogP contribution in [-0.4, -0.2) is 151 Å². The van der Waals surface area contributed by atoms with E-state index in [4.69, 9.17) is 9.47 Å². The largest absolute Gasteiger partial charge is 0.479 e. The van der Waals surface area contributed by atoms with E-state index < -0.39 is 96.9 Å². The number of rotatable bonds is 14. The molecule has 4 rings (SSSR count). The Labute approximate surface area is 300 Å².